The van der Waals surface area contributed by atoms with Crippen molar-refractivity contribution in [1.82, 2.24) is 4.90 Å². The molecule has 18 heavy (non-hydrogen) atoms. The van der Waals surface area contributed by atoms with Gasteiger partial charge in [0.2, 0.25) is 5.91 Å². The molecule has 0 saturated carbocycles. The van der Waals surface area contributed by atoms with Crippen LogP contribution >= 0.6 is 23.2 Å². The molecule has 0 saturated heterocycles. The maximum atomic E-state index is 11.9. The van der Waals surface area contributed by atoms with Crippen LogP contribution in [0.5, 0.6) is 0 Å². The van der Waals surface area contributed by atoms with E-state index in [-0.39, 0.29) is 12.5 Å². The lowest BCUT2D eigenvalue weighted by Gasteiger charge is -2.22. The highest BCUT2D eigenvalue weighted by atomic mass is 35.5. The number of carbonyl (C=O) groups is 1. The summed E-state index contributed by atoms with van der Waals surface area (Å²) in [5, 5.41) is 1.06. The summed E-state index contributed by atoms with van der Waals surface area (Å²) in [6.07, 6.45) is 0. The number of nitrogens with two attached hydrogens (primary N) is 1. The van der Waals surface area contributed by atoms with Gasteiger partial charge in [0.15, 0.2) is 0 Å². The van der Waals surface area contributed by atoms with Gasteiger partial charge in [-0.3, -0.25) is 4.79 Å². The molecule has 0 aliphatic carbocycles. The van der Waals surface area contributed by atoms with Crippen LogP contribution in [0.1, 0.15) is 5.56 Å². The van der Waals surface area contributed by atoms with Crippen LogP contribution in [0.15, 0.2) is 18.2 Å². The zero-order valence-corrected chi connectivity index (χ0v) is 11.8. The normalized spacial score (nSPS) is 12.3. The highest BCUT2D eigenvalue weighted by Crippen LogP contribution is 2.25. The van der Waals surface area contributed by atoms with E-state index in [0.717, 1.165) is 0 Å². The Hall–Kier alpha value is -0.810. The van der Waals surface area contributed by atoms with Gasteiger partial charge >= 0.3 is 0 Å². The molecule has 4 nitrogen and oxygen atoms in total. The van der Waals surface area contributed by atoms with Crippen molar-refractivity contribution in [2.75, 3.05) is 20.8 Å². The number of methoxy groups -OCH3 is 1. The molecule has 0 spiro atoms. The molecule has 0 aliphatic rings. The maximum absolute atomic E-state index is 11.9. The number of hydrogen-bond donors (Lipinski definition) is 1. The predicted molar refractivity (Wildman–Crippen MR) is 72.8 cm³/mol. The van der Waals surface area contributed by atoms with Crippen molar-refractivity contribution < 1.29 is 9.53 Å². The van der Waals surface area contributed by atoms with E-state index in [2.05, 4.69) is 0 Å². The van der Waals surface area contributed by atoms with Crippen molar-refractivity contribution in [1.29, 1.82) is 0 Å². The van der Waals surface area contributed by atoms with E-state index >= 15 is 0 Å². The third kappa shape index (κ3) is 3.85. The SMILES string of the molecule is COCC(N)C(=O)N(C)Cc1c(Cl)cccc1Cl. The van der Waals surface area contributed by atoms with Gasteiger partial charge in [0.05, 0.1) is 6.61 Å². The van der Waals surface area contributed by atoms with Gasteiger partial charge in [0.25, 0.3) is 0 Å². The molecule has 0 aromatic heterocycles. The molecule has 0 aliphatic heterocycles. The van der Waals surface area contributed by atoms with Crippen LogP contribution in [-0.4, -0.2) is 37.6 Å². The minimum atomic E-state index is -0.679. The molecule has 0 fully saturated rings. The number of carbonyl (C=O) groups excluding carboxylic acids is 1. The lowest BCUT2D eigenvalue weighted by atomic mass is 10.2. The van der Waals surface area contributed by atoms with E-state index in [1.807, 2.05) is 0 Å². The summed E-state index contributed by atoms with van der Waals surface area (Å²) in [6, 6.07) is 4.54. The van der Waals surface area contributed by atoms with Crippen LogP contribution in [0.3, 0.4) is 0 Å². The van der Waals surface area contributed by atoms with Gasteiger partial charge in [-0.2, -0.15) is 0 Å². The first-order valence-corrected chi connectivity index (χ1v) is 6.15. The molecule has 0 heterocycles. The summed E-state index contributed by atoms with van der Waals surface area (Å²) >= 11 is 12.1. The number of nitrogens with zero attached hydrogens (tertiary/aromatic N) is 1. The second-order valence-corrected chi connectivity index (χ2v) is 4.77. The predicted octanol–water partition coefficient (Wildman–Crippen LogP) is 1.93. The number of amides is 1. The highest BCUT2D eigenvalue weighted by Gasteiger charge is 2.19. The second-order valence-electron chi connectivity index (χ2n) is 3.96. The number of likely N-dealkylation sites (N-methyl/N-ethyl adjacent to an activating group) is 1. The lowest BCUT2D eigenvalue weighted by Crippen LogP contribution is -2.44. The van der Waals surface area contributed by atoms with E-state index in [0.29, 0.717) is 22.2 Å². The first kappa shape index (κ1) is 15.2. The van der Waals surface area contributed by atoms with E-state index in [9.17, 15) is 4.79 Å². The Kier molecular flexibility index (Phi) is 5.88. The Balaban J connectivity index is 2.75. The zero-order valence-electron chi connectivity index (χ0n) is 10.3. The molecule has 1 rings (SSSR count). The fourth-order valence-electron chi connectivity index (χ4n) is 1.53. The molecule has 100 valence electrons. The van der Waals surface area contributed by atoms with Crippen molar-refractivity contribution >= 4 is 29.1 Å². The molecule has 2 N–H and O–H groups in total. The number of hydrogen-bond acceptors (Lipinski definition) is 3. The van der Waals surface area contributed by atoms with E-state index in [1.54, 1.807) is 25.2 Å². The molecule has 1 aromatic rings. The third-order valence-corrected chi connectivity index (χ3v) is 3.20. The summed E-state index contributed by atoms with van der Waals surface area (Å²) in [4.78, 5) is 13.4. The minimum absolute atomic E-state index is 0.180. The van der Waals surface area contributed by atoms with Gasteiger partial charge in [-0.05, 0) is 12.1 Å². The Morgan fingerprint density at radius 2 is 2.00 bits per heavy atom. The van der Waals surface area contributed by atoms with Gasteiger partial charge in [-0.25, -0.2) is 0 Å². The average molecular weight is 291 g/mol. The van der Waals surface area contributed by atoms with Gasteiger partial charge < -0.3 is 15.4 Å². The van der Waals surface area contributed by atoms with Crippen molar-refractivity contribution in [3.63, 3.8) is 0 Å². The maximum Gasteiger partial charge on any atom is 0.241 e. The zero-order chi connectivity index (χ0) is 13.7. The average Bonchev–Trinajstić information content (AvgIpc) is 2.33. The number of rotatable bonds is 5. The standard InChI is InChI=1S/C12H16Cl2N2O2/c1-16(12(17)11(15)7-18-2)6-8-9(13)4-3-5-10(8)14/h3-5,11H,6-7,15H2,1-2H3. The van der Waals surface area contributed by atoms with Crippen LogP contribution < -0.4 is 5.73 Å². The minimum Gasteiger partial charge on any atom is -0.383 e. The van der Waals surface area contributed by atoms with Gasteiger partial charge in [-0.1, -0.05) is 29.3 Å². The van der Waals surface area contributed by atoms with Crippen LogP contribution in [0.2, 0.25) is 10.0 Å². The highest BCUT2D eigenvalue weighted by molar-refractivity contribution is 6.36. The first-order valence-electron chi connectivity index (χ1n) is 5.39. The fourth-order valence-corrected chi connectivity index (χ4v) is 2.05. The fraction of sp³-hybridized carbons (Fsp3) is 0.417. The summed E-state index contributed by atoms with van der Waals surface area (Å²) in [6.45, 7) is 0.494. The summed E-state index contributed by atoms with van der Waals surface area (Å²) < 4.78 is 4.85. The second kappa shape index (κ2) is 6.95. The van der Waals surface area contributed by atoms with E-state index < -0.39 is 6.04 Å². The topological polar surface area (TPSA) is 55.6 Å². The molecule has 1 amide bonds. The Morgan fingerprint density at radius 1 is 1.44 bits per heavy atom. The number of benzene rings is 1. The van der Waals surface area contributed by atoms with Crippen LogP contribution in [0.25, 0.3) is 0 Å². The van der Waals surface area contributed by atoms with Crippen LogP contribution in [0, 0.1) is 0 Å². The molecule has 6 heteroatoms. The van der Waals surface area contributed by atoms with Gasteiger partial charge in [-0.15, -0.1) is 0 Å². The number of ether oxygens (including phenoxy) is 1. The van der Waals surface area contributed by atoms with Crippen molar-refractivity contribution in [2.24, 2.45) is 5.73 Å². The molecule has 1 atom stereocenters. The van der Waals surface area contributed by atoms with Crippen molar-refractivity contribution in [3.8, 4) is 0 Å². The third-order valence-electron chi connectivity index (χ3n) is 2.50. The van der Waals surface area contributed by atoms with Crippen LogP contribution in [0.4, 0.5) is 0 Å². The largest absolute Gasteiger partial charge is 0.383 e. The Morgan fingerprint density at radius 3 is 2.50 bits per heavy atom. The molecule has 0 bridgehead atoms. The summed E-state index contributed by atoms with van der Waals surface area (Å²) in [7, 11) is 3.15. The summed E-state index contributed by atoms with van der Waals surface area (Å²) in [5.41, 5.74) is 6.39. The smallest absolute Gasteiger partial charge is 0.241 e. The molecular formula is C12H16Cl2N2O2. The number of halogens is 2. The molecule has 1 aromatic carbocycles. The van der Waals surface area contributed by atoms with Gasteiger partial charge in [0, 0.05) is 36.3 Å². The summed E-state index contributed by atoms with van der Waals surface area (Å²) in [5.74, 6) is -0.215. The van der Waals surface area contributed by atoms with Crippen molar-refractivity contribution in [2.45, 2.75) is 12.6 Å². The Labute approximate surface area is 117 Å². The monoisotopic (exact) mass is 290 g/mol. The van der Waals surface area contributed by atoms with Crippen molar-refractivity contribution in [3.05, 3.63) is 33.8 Å². The van der Waals surface area contributed by atoms with E-state index in [1.165, 1.54) is 12.0 Å². The molecule has 0 radical (unpaired) electrons. The Bertz CT molecular complexity index is 406. The molecular weight excluding hydrogens is 275 g/mol. The van der Waals surface area contributed by atoms with Crippen LogP contribution in [-0.2, 0) is 16.1 Å². The molecule has 1 unspecified atom stereocenters. The van der Waals surface area contributed by atoms with E-state index in [4.69, 9.17) is 33.7 Å². The van der Waals surface area contributed by atoms with Gasteiger partial charge in [0.1, 0.15) is 6.04 Å². The quantitative estimate of drug-likeness (QED) is 0.901. The lowest BCUT2D eigenvalue weighted by molar-refractivity contribution is -0.132. The first-order chi connectivity index (χ1) is 8.47.